The number of carbonyl (C=O) groups is 1. The van der Waals surface area contributed by atoms with E-state index in [0.29, 0.717) is 19.8 Å². The molecular weight excluding hydrogens is 242 g/mol. The van der Waals surface area contributed by atoms with Crippen LogP contribution in [0.15, 0.2) is 29.4 Å². The van der Waals surface area contributed by atoms with Crippen molar-refractivity contribution in [3.63, 3.8) is 0 Å². The van der Waals surface area contributed by atoms with E-state index in [2.05, 4.69) is 15.4 Å². The minimum Gasteiger partial charge on any atom is -0.379 e. The quantitative estimate of drug-likeness (QED) is 0.643. The molecule has 1 fully saturated rings. The van der Waals surface area contributed by atoms with Crippen molar-refractivity contribution < 1.29 is 9.53 Å². The SMILES string of the molecule is Cc1ccc(/C=N/NC(=O)CN2CCOCC2)cc1. The van der Waals surface area contributed by atoms with E-state index in [9.17, 15) is 4.79 Å². The van der Waals surface area contributed by atoms with E-state index in [1.165, 1.54) is 5.56 Å². The summed E-state index contributed by atoms with van der Waals surface area (Å²) in [6, 6.07) is 7.95. The summed E-state index contributed by atoms with van der Waals surface area (Å²) in [5, 5.41) is 3.95. The third-order valence-electron chi connectivity index (χ3n) is 2.95. The Kier molecular flexibility index (Phi) is 5.06. The highest BCUT2D eigenvalue weighted by atomic mass is 16.5. The Morgan fingerprint density at radius 3 is 2.74 bits per heavy atom. The van der Waals surface area contributed by atoms with E-state index in [0.717, 1.165) is 18.7 Å². The first kappa shape index (κ1) is 13.7. The molecule has 0 aliphatic carbocycles. The van der Waals surface area contributed by atoms with Gasteiger partial charge >= 0.3 is 0 Å². The fraction of sp³-hybridized carbons (Fsp3) is 0.429. The molecule has 0 aromatic heterocycles. The van der Waals surface area contributed by atoms with Crippen LogP contribution in [-0.4, -0.2) is 49.9 Å². The predicted molar refractivity (Wildman–Crippen MR) is 74.2 cm³/mol. The van der Waals surface area contributed by atoms with E-state index in [1.807, 2.05) is 31.2 Å². The van der Waals surface area contributed by atoms with Gasteiger partial charge in [0.1, 0.15) is 0 Å². The summed E-state index contributed by atoms with van der Waals surface area (Å²) in [5.41, 5.74) is 4.71. The number of morpholine rings is 1. The summed E-state index contributed by atoms with van der Waals surface area (Å²) in [6.45, 7) is 5.39. The van der Waals surface area contributed by atoms with Crippen LogP contribution in [0.25, 0.3) is 0 Å². The molecule has 5 nitrogen and oxygen atoms in total. The smallest absolute Gasteiger partial charge is 0.254 e. The zero-order valence-corrected chi connectivity index (χ0v) is 11.1. The second-order valence-electron chi connectivity index (χ2n) is 4.59. The molecule has 1 aliphatic rings. The lowest BCUT2D eigenvalue weighted by Crippen LogP contribution is -2.42. The number of aryl methyl sites for hydroxylation is 1. The standard InChI is InChI=1S/C14H19N3O2/c1-12-2-4-13(5-3-12)10-15-16-14(18)11-17-6-8-19-9-7-17/h2-5,10H,6-9,11H2,1H3,(H,16,18)/b15-10+. The first-order valence-electron chi connectivity index (χ1n) is 6.43. The number of nitrogens with zero attached hydrogens (tertiary/aromatic N) is 2. The van der Waals surface area contributed by atoms with E-state index >= 15 is 0 Å². The van der Waals surface area contributed by atoms with Gasteiger partial charge in [0.2, 0.25) is 0 Å². The van der Waals surface area contributed by atoms with Crippen LogP contribution in [0.2, 0.25) is 0 Å². The number of rotatable bonds is 4. The molecule has 1 heterocycles. The molecule has 1 aromatic carbocycles. The van der Waals surface area contributed by atoms with Crippen molar-refractivity contribution in [2.45, 2.75) is 6.92 Å². The predicted octanol–water partition coefficient (Wildman–Crippen LogP) is 0.777. The van der Waals surface area contributed by atoms with E-state index in [-0.39, 0.29) is 5.91 Å². The molecule has 0 saturated carbocycles. The lowest BCUT2D eigenvalue weighted by atomic mass is 10.2. The third-order valence-corrected chi connectivity index (χ3v) is 2.95. The molecule has 0 unspecified atom stereocenters. The summed E-state index contributed by atoms with van der Waals surface area (Å²) < 4.78 is 5.23. The monoisotopic (exact) mass is 261 g/mol. The molecule has 19 heavy (non-hydrogen) atoms. The number of carbonyl (C=O) groups excluding carboxylic acids is 1. The van der Waals surface area contributed by atoms with Gasteiger partial charge in [-0.2, -0.15) is 5.10 Å². The number of benzene rings is 1. The van der Waals surface area contributed by atoms with Crippen LogP contribution < -0.4 is 5.43 Å². The Morgan fingerprint density at radius 1 is 1.37 bits per heavy atom. The average molecular weight is 261 g/mol. The Bertz CT molecular complexity index is 437. The van der Waals surface area contributed by atoms with Gasteiger partial charge in [-0.1, -0.05) is 29.8 Å². The molecular formula is C14H19N3O2. The number of amides is 1. The lowest BCUT2D eigenvalue weighted by Gasteiger charge is -2.25. The highest BCUT2D eigenvalue weighted by Crippen LogP contribution is 2.00. The first-order chi connectivity index (χ1) is 9.24. The van der Waals surface area contributed by atoms with Gasteiger partial charge in [0, 0.05) is 13.1 Å². The second-order valence-corrected chi connectivity index (χ2v) is 4.59. The van der Waals surface area contributed by atoms with Crippen LogP contribution in [0.3, 0.4) is 0 Å². The fourth-order valence-corrected chi connectivity index (χ4v) is 1.83. The molecule has 5 heteroatoms. The summed E-state index contributed by atoms with van der Waals surface area (Å²) in [5.74, 6) is -0.0924. The van der Waals surface area contributed by atoms with Crippen LogP contribution in [0.1, 0.15) is 11.1 Å². The highest BCUT2D eigenvalue weighted by Gasteiger charge is 2.13. The average Bonchev–Trinajstić information content (AvgIpc) is 2.42. The van der Waals surface area contributed by atoms with Crippen LogP contribution in [0.5, 0.6) is 0 Å². The summed E-state index contributed by atoms with van der Waals surface area (Å²) >= 11 is 0. The van der Waals surface area contributed by atoms with Gasteiger partial charge in [-0.25, -0.2) is 5.43 Å². The Hall–Kier alpha value is -1.72. The van der Waals surface area contributed by atoms with Crippen molar-refractivity contribution >= 4 is 12.1 Å². The van der Waals surface area contributed by atoms with Gasteiger partial charge in [-0.3, -0.25) is 9.69 Å². The summed E-state index contributed by atoms with van der Waals surface area (Å²) in [6.07, 6.45) is 1.65. The molecule has 1 N–H and O–H groups in total. The molecule has 0 bridgehead atoms. The molecule has 0 atom stereocenters. The molecule has 1 aromatic rings. The van der Waals surface area contributed by atoms with Crippen LogP contribution in [0.4, 0.5) is 0 Å². The van der Waals surface area contributed by atoms with Crippen molar-refractivity contribution in [1.82, 2.24) is 10.3 Å². The number of hydrazone groups is 1. The minimum absolute atomic E-state index is 0.0924. The molecule has 1 aliphatic heterocycles. The maximum atomic E-state index is 11.6. The topological polar surface area (TPSA) is 53.9 Å². The fourth-order valence-electron chi connectivity index (χ4n) is 1.83. The molecule has 0 spiro atoms. The van der Waals surface area contributed by atoms with E-state index in [4.69, 9.17) is 4.74 Å². The van der Waals surface area contributed by atoms with Crippen molar-refractivity contribution in [1.29, 1.82) is 0 Å². The Labute approximate surface area is 113 Å². The van der Waals surface area contributed by atoms with E-state index < -0.39 is 0 Å². The molecule has 102 valence electrons. The third kappa shape index (κ3) is 4.81. The Morgan fingerprint density at radius 2 is 2.05 bits per heavy atom. The van der Waals surface area contributed by atoms with Crippen molar-refractivity contribution in [3.05, 3.63) is 35.4 Å². The highest BCUT2D eigenvalue weighted by molar-refractivity contribution is 5.83. The lowest BCUT2D eigenvalue weighted by molar-refractivity contribution is -0.123. The number of hydrogen-bond acceptors (Lipinski definition) is 4. The molecule has 2 rings (SSSR count). The molecule has 0 radical (unpaired) electrons. The maximum Gasteiger partial charge on any atom is 0.254 e. The van der Waals surface area contributed by atoms with Gasteiger partial charge in [0.15, 0.2) is 0 Å². The van der Waals surface area contributed by atoms with Gasteiger partial charge in [0.05, 0.1) is 26.0 Å². The first-order valence-corrected chi connectivity index (χ1v) is 6.43. The number of nitrogens with one attached hydrogen (secondary N) is 1. The van der Waals surface area contributed by atoms with Crippen LogP contribution in [-0.2, 0) is 9.53 Å². The van der Waals surface area contributed by atoms with Gasteiger partial charge < -0.3 is 4.74 Å². The normalized spacial score (nSPS) is 16.7. The molecule has 1 saturated heterocycles. The zero-order chi connectivity index (χ0) is 13.5. The van der Waals surface area contributed by atoms with Crippen molar-refractivity contribution in [3.8, 4) is 0 Å². The number of ether oxygens (including phenoxy) is 1. The van der Waals surface area contributed by atoms with Crippen LogP contribution >= 0.6 is 0 Å². The van der Waals surface area contributed by atoms with Crippen molar-refractivity contribution in [2.24, 2.45) is 5.10 Å². The van der Waals surface area contributed by atoms with Crippen molar-refractivity contribution in [2.75, 3.05) is 32.8 Å². The Balaban J connectivity index is 1.74. The van der Waals surface area contributed by atoms with Crippen LogP contribution in [0, 0.1) is 6.92 Å². The minimum atomic E-state index is -0.0924. The number of hydrogen-bond donors (Lipinski definition) is 1. The van der Waals surface area contributed by atoms with E-state index in [1.54, 1.807) is 6.21 Å². The van der Waals surface area contributed by atoms with Gasteiger partial charge in [-0.05, 0) is 12.5 Å². The second kappa shape index (κ2) is 7.01. The largest absolute Gasteiger partial charge is 0.379 e. The van der Waals surface area contributed by atoms with Gasteiger partial charge in [-0.15, -0.1) is 0 Å². The molecule has 1 amide bonds. The summed E-state index contributed by atoms with van der Waals surface area (Å²) in [7, 11) is 0. The maximum absolute atomic E-state index is 11.6. The summed E-state index contributed by atoms with van der Waals surface area (Å²) in [4.78, 5) is 13.7. The zero-order valence-electron chi connectivity index (χ0n) is 11.1. The van der Waals surface area contributed by atoms with Gasteiger partial charge in [0.25, 0.3) is 5.91 Å².